The molecular formula is C23H31F2NO4. The van der Waals surface area contributed by atoms with Crippen LogP contribution in [-0.2, 0) is 20.7 Å². The van der Waals surface area contributed by atoms with E-state index in [0.717, 1.165) is 16.7 Å². The smallest absolute Gasteiger partial charge is 0.434 e. The molecule has 7 heteroatoms. The first-order chi connectivity index (χ1) is 14.3. The number of alkyl halides is 2. The van der Waals surface area contributed by atoms with Gasteiger partial charge >= 0.3 is 6.16 Å². The van der Waals surface area contributed by atoms with Crippen LogP contribution in [0, 0.1) is 13.8 Å². The molecule has 0 saturated carbocycles. The van der Waals surface area contributed by atoms with Crippen molar-refractivity contribution in [3.8, 4) is 0 Å². The van der Waals surface area contributed by atoms with Crippen molar-refractivity contribution in [2.45, 2.75) is 65.3 Å². The minimum atomic E-state index is -1.15. The third kappa shape index (κ3) is 4.99. The maximum atomic E-state index is 13.2. The third-order valence-corrected chi connectivity index (χ3v) is 5.36. The highest BCUT2D eigenvalue weighted by Crippen LogP contribution is 2.42. The molecule has 0 saturated heterocycles. The highest BCUT2D eigenvalue weighted by molar-refractivity contribution is 6.24. The molecule has 1 heterocycles. The van der Waals surface area contributed by atoms with Gasteiger partial charge in [0.2, 0.25) is 0 Å². The SMILES string of the molecule is CCOC(=O)OC1=C(c2c(C)cc(C)cc2CC)C(=O)NC1(CCCF)CCCF. The van der Waals surface area contributed by atoms with Gasteiger partial charge in [-0.1, -0.05) is 24.6 Å². The van der Waals surface area contributed by atoms with Gasteiger partial charge in [-0.25, -0.2) is 4.79 Å². The van der Waals surface area contributed by atoms with Gasteiger partial charge in [0.1, 0.15) is 5.76 Å². The summed E-state index contributed by atoms with van der Waals surface area (Å²) in [5.41, 5.74) is 2.65. The summed E-state index contributed by atoms with van der Waals surface area (Å²) in [6.45, 7) is 6.41. The number of carbonyl (C=O) groups is 2. The molecule has 0 aliphatic carbocycles. The van der Waals surface area contributed by atoms with Crippen LogP contribution < -0.4 is 5.32 Å². The van der Waals surface area contributed by atoms with Gasteiger partial charge in [-0.05, 0) is 69.6 Å². The molecule has 30 heavy (non-hydrogen) atoms. The monoisotopic (exact) mass is 423 g/mol. The number of hydrogen-bond donors (Lipinski definition) is 1. The lowest BCUT2D eigenvalue weighted by Gasteiger charge is -2.31. The Balaban J connectivity index is 2.74. The fraction of sp³-hybridized carbons (Fsp3) is 0.565. The zero-order chi connectivity index (χ0) is 22.3. The first-order valence-electron chi connectivity index (χ1n) is 10.5. The molecule has 0 bridgehead atoms. The maximum absolute atomic E-state index is 13.2. The molecule has 1 aliphatic rings. The summed E-state index contributed by atoms with van der Waals surface area (Å²) in [6.07, 6.45) is 0.406. The van der Waals surface area contributed by atoms with Gasteiger partial charge < -0.3 is 14.8 Å². The number of nitrogens with one attached hydrogen (secondary N) is 1. The van der Waals surface area contributed by atoms with Crippen molar-refractivity contribution in [2.75, 3.05) is 20.0 Å². The highest BCUT2D eigenvalue weighted by Gasteiger charge is 2.48. The Morgan fingerprint density at radius 2 is 1.73 bits per heavy atom. The van der Waals surface area contributed by atoms with Crippen LogP contribution in [0.5, 0.6) is 0 Å². The maximum Gasteiger partial charge on any atom is 0.513 e. The lowest BCUT2D eigenvalue weighted by Crippen LogP contribution is -2.45. The molecule has 1 aromatic carbocycles. The summed E-state index contributed by atoms with van der Waals surface area (Å²) in [5, 5.41) is 2.90. The van der Waals surface area contributed by atoms with Crippen molar-refractivity contribution in [1.29, 1.82) is 0 Å². The predicted molar refractivity (Wildman–Crippen MR) is 112 cm³/mol. The van der Waals surface area contributed by atoms with Crippen LogP contribution in [0.25, 0.3) is 5.57 Å². The normalized spacial score (nSPS) is 15.3. The Labute approximate surface area is 176 Å². The van der Waals surface area contributed by atoms with Gasteiger partial charge in [0.15, 0.2) is 0 Å². The molecule has 0 unspecified atom stereocenters. The lowest BCUT2D eigenvalue weighted by molar-refractivity contribution is -0.116. The van der Waals surface area contributed by atoms with Crippen LogP contribution in [0.1, 0.15) is 61.8 Å². The Hall–Kier alpha value is -2.44. The molecule has 1 aliphatic heterocycles. The van der Waals surface area contributed by atoms with E-state index in [9.17, 15) is 18.4 Å². The number of rotatable bonds is 10. The second-order valence-electron chi connectivity index (χ2n) is 7.58. The molecule has 0 aromatic heterocycles. The Kier molecular flexibility index (Phi) is 8.38. The van der Waals surface area contributed by atoms with E-state index < -0.39 is 31.0 Å². The molecule has 5 nitrogen and oxygen atoms in total. The number of hydrogen-bond acceptors (Lipinski definition) is 4. The summed E-state index contributed by atoms with van der Waals surface area (Å²) in [4.78, 5) is 25.4. The minimum Gasteiger partial charge on any atom is -0.434 e. The van der Waals surface area contributed by atoms with E-state index in [1.165, 1.54) is 0 Å². The molecule has 1 N–H and O–H groups in total. The van der Waals surface area contributed by atoms with E-state index in [4.69, 9.17) is 9.47 Å². The molecule has 0 atom stereocenters. The Bertz CT molecular complexity index is 812. The predicted octanol–water partition coefficient (Wildman–Crippen LogP) is 5.12. The number of aryl methyl sites for hydroxylation is 3. The van der Waals surface area contributed by atoms with Crippen LogP contribution in [0.15, 0.2) is 17.9 Å². The van der Waals surface area contributed by atoms with E-state index in [2.05, 4.69) is 5.32 Å². The fourth-order valence-electron chi connectivity index (χ4n) is 4.19. The molecule has 0 spiro atoms. The van der Waals surface area contributed by atoms with Crippen molar-refractivity contribution in [2.24, 2.45) is 0 Å². The topological polar surface area (TPSA) is 64.6 Å². The number of amides is 1. The molecule has 0 fully saturated rings. The zero-order valence-corrected chi connectivity index (χ0v) is 18.2. The van der Waals surface area contributed by atoms with E-state index in [1.54, 1.807) is 6.92 Å². The molecule has 2 rings (SSSR count). The largest absolute Gasteiger partial charge is 0.513 e. The number of carbonyl (C=O) groups excluding carboxylic acids is 2. The van der Waals surface area contributed by atoms with Crippen molar-refractivity contribution in [1.82, 2.24) is 5.32 Å². The van der Waals surface area contributed by atoms with Crippen LogP contribution in [0.4, 0.5) is 13.6 Å². The summed E-state index contributed by atoms with van der Waals surface area (Å²) in [5.74, 6) is -0.303. The van der Waals surface area contributed by atoms with Crippen LogP contribution in [0.2, 0.25) is 0 Å². The second-order valence-corrected chi connectivity index (χ2v) is 7.58. The first-order valence-corrected chi connectivity index (χ1v) is 10.5. The Morgan fingerprint density at radius 3 is 2.27 bits per heavy atom. The molecule has 1 aromatic rings. The quantitative estimate of drug-likeness (QED) is 0.531. The van der Waals surface area contributed by atoms with Crippen molar-refractivity contribution < 1.29 is 27.8 Å². The van der Waals surface area contributed by atoms with E-state index in [-0.39, 0.29) is 43.6 Å². The van der Waals surface area contributed by atoms with Gasteiger partial charge in [0, 0.05) is 0 Å². The average molecular weight is 424 g/mol. The minimum absolute atomic E-state index is 0.106. The average Bonchev–Trinajstić information content (AvgIpc) is 2.96. The fourth-order valence-corrected chi connectivity index (χ4v) is 4.19. The molecule has 166 valence electrons. The third-order valence-electron chi connectivity index (χ3n) is 5.36. The number of halogens is 2. The highest BCUT2D eigenvalue weighted by atomic mass is 19.1. The van der Waals surface area contributed by atoms with Gasteiger partial charge in [0.25, 0.3) is 5.91 Å². The second kappa shape index (κ2) is 10.5. The molecular weight excluding hydrogens is 392 g/mol. The number of ether oxygens (including phenoxy) is 2. The number of benzene rings is 1. The summed E-state index contributed by atoms with van der Waals surface area (Å²) < 4.78 is 36.6. The van der Waals surface area contributed by atoms with Crippen LogP contribution >= 0.6 is 0 Å². The van der Waals surface area contributed by atoms with Gasteiger partial charge in [-0.3, -0.25) is 13.6 Å². The molecule has 0 radical (unpaired) electrons. The van der Waals surface area contributed by atoms with Crippen molar-refractivity contribution >= 4 is 17.6 Å². The van der Waals surface area contributed by atoms with Crippen molar-refractivity contribution in [3.05, 3.63) is 40.1 Å². The first kappa shape index (κ1) is 23.8. The van der Waals surface area contributed by atoms with E-state index >= 15 is 0 Å². The van der Waals surface area contributed by atoms with Gasteiger partial charge in [-0.2, -0.15) is 0 Å². The van der Waals surface area contributed by atoms with Crippen LogP contribution in [-0.4, -0.2) is 37.6 Å². The van der Waals surface area contributed by atoms with Gasteiger partial charge in [-0.15, -0.1) is 0 Å². The summed E-state index contributed by atoms with van der Waals surface area (Å²) >= 11 is 0. The van der Waals surface area contributed by atoms with E-state index in [1.807, 2.05) is 32.9 Å². The standard InChI is InChI=1S/C23H31F2NO4/c1-5-17-14-15(3)13-16(4)18(17)19-20(30-22(28)29-6-2)23(9-7-11-24,10-8-12-25)26-21(19)27/h13-14H,5-12H2,1-4H3,(H,26,27). The molecule has 1 amide bonds. The zero-order valence-electron chi connectivity index (χ0n) is 18.2. The summed E-state index contributed by atoms with van der Waals surface area (Å²) in [7, 11) is 0. The van der Waals surface area contributed by atoms with E-state index in [0.29, 0.717) is 12.0 Å². The summed E-state index contributed by atoms with van der Waals surface area (Å²) in [6, 6.07) is 3.95. The van der Waals surface area contributed by atoms with Crippen molar-refractivity contribution in [3.63, 3.8) is 0 Å². The van der Waals surface area contributed by atoms with Crippen LogP contribution in [0.3, 0.4) is 0 Å². The Morgan fingerprint density at radius 1 is 1.10 bits per heavy atom. The lowest BCUT2D eigenvalue weighted by atomic mass is 9.84. The van der Waals surface area contributed by atoms with Gasteiger partial charge in [0.05, 0.1) is 31.1 Å².